The largest absolute Gasteiger partial charge is 0.351 e. The minimum atomic E-state index is 0.0186. The number of hydrogen-bond acceptors (Lipinski definition) is 3. The molecular formula is C16H21N3OS. The Morgan fingerprint density at radius 2 is 2.24 bits per heavy atom. The first-order valence-corrected chi connectivity index (χ1v) is 8.31. The zero-order valence-electron chi connectivity index (χ0n) is 12.6. The van der Waals surface area contributed by atoms with E-state index in [1.54, 1.807) is 0 Å². The molecule has 1 amide bonds. The number of nitrogens with zero attached hydrogens (tertiary/aromatic N) is 2. The normalized spacial score (nSPS) is 14.4. The van der Waals surface area contributed by atoms with Crippen molar-refractivity contribution in [1.82, 2.24) is 14.9 Å². The number of nitrogens with one attached hydrogen (secondary N) is 1. The Bertz CT molecular complexity index is 640. The van der Waals surface area contributed by atoms with Crippen LogP contribution in [0.4, 0.5) is 0 Å². The second-order valence-electron chi connectivity index (χ2n) is 5.79. The highest BCUT2D eigenvalue weighted by atomic mass is 32.1. The summed E-state index contributed by atoms with van der Waals surface area (Å²) in [4.78, 5) is 18.4. The third-order valence-corrected chi connectivity index (χ3v) is 4.87. The summed E-state index contributed by atoms with van der Waals surface area (Å²) in [6.07, 6.45) is 5.40. The molecule has 0 atom stereocenters. The Morgan fingerprint density at radius 3 is 2.90 bits per heavy atom. The smallest absolute Gasteiger partial charge is 0.261 e. The fraction of sp³-hybridized carbons (Fsp3) is 0.500. The maximum atomic E-state index is 12.0. The Kier molecular flexibility index (Phi) is 4.10. The van der Waals surface area contributed by atoms with Crippen LogP contribution in [-0.2, 0) is 13.0 Å². The molecule has 1 aliphatic carbocycles. The predicted octanol–water partition coefficient (Wildman–Crippen LogP) is 2.94. The number of imidazole rings is 1. The van der Waals surface area contributed by atoms with Gasteiger partial charge in [0.1, 0.15) is 5.82 Å². The van der Waals surface area contributed by atoms with Gasteiger partial charge in [-0.25, -0.2) is 4.98 Å². The van der Waals surface area contributed by atoms with E-state index in [4.69, 9.17) is 0 Å². The van der Waals surface area contributed by atoms with Gasteiger partial charge < -0.3 is 9.88 Å². The highest BCUT2D eigenvalue weighted by Gasteiger charge is 2.23. The summed E-state index contributed by atoms with van der Waals surface area (Å²) in [7, 11) is 0. The highest BCUT2D eigenvalue weighted by molar-refractivity contribution is 7.13. The van der Waals surface area contributed by atoms with Gasteiger partial charge in [-0.2, -0.15) is 0 Å². The molecule has 21 heavy (non-hydrogen) atoms. The van der Waals surface area contributed by atoms with Crippen molar-refractivity contribution in [2.45, 2.75) is 39.7 Å². The number of thiophene rings is 1. The van der Waals surface area contributed by atoms with Crippen LogP contribution < -0.4 is 5.32 Å². The maximum Gasteiger partial charge on any atom is 0.261 e. The Balaban J connectivity index is 1.54. The topological polar surface area (TPSA) is 46.9 Å². The van der Waals surface area contributed by atoms with Crippen LogP contribution >= 0.6 is 11.3 Å². The lowest BCUT2D eigenvalue weighted by atomic mass is 10.3. The fourth-order valence-electron chi connectivity index (χ4n) is 2.45. The van der Waals surface area contributed by atoms with Crippen LogP contribution in [0.3, 0.4) is 0 Å². The summed E-state index contributed by atoms with van der Waals surface area (Å²) < 4.78 is 2.30. The number of hydrogen-bond donors (Lipinski definition) is 1. The van der Waals surface area contributed by atoms with E-state index >= 15 is 0 Å². The predicted molar refractivity (Wildman–Crippen MR) is 84.8 cm³/mol. The maximum absolute atomic E-state index is 12.0. The summed E-state index contributed by atoms with van der Waals surface area (Å²) in [5.41, 5.74) is 1.22. The lowest BCUT2D eigenvalue weighted by Crippen LogP contribution is -2.26. The average Bonchev–Trinajstić information content (AvgIpc) is 3.08. The zero-order chi connectivity index (χ0) is 14.8. The molecule has 3 rings (SSSR count). The van der Waals surface area contributed by atoms with Gasteiger partial charge in [-0.1, -0.05) is 0 Å². The van der Waals surface area contributed by atoms with Gasteiger partial charge in [0.15, 0.2) is 0 Å². The first-order valence-electron chi connectivity index (χ1n) is 7.49. The van der Waals surface area contributed by atoms with Crippen molar-refractivity contribution >= 4 is 17.2 Å². The third kappa shape index (κ3) is 3.53. The molecule has 1 fully saturated rings. The molecule has 0 radical (unpaired) electrons. The van der Waals surface area contributed by atoms with Crippen molar-refractivity contribution in [2.24, 2.45) is 5.92 Å². The molecule has 0 aromatic carbocycles. The number of carbonyl (C=O) groups excluding carboxylic acids is 1. The van der Waals surface area contributed by atoms with Gasteiger partial charge in [-0.05, 0) is 44.7 Å². The number of rotatable bonds is 6. The van der Waals surface area contributed by atoms with Crippen molar-refractivity contribution in [3.8, 4) is 0 Å². The molecule has 1 saturated carbocycles. The van der Waals surface area contributed by atoms with Gasteiger partial charge in [-0.15, -0.1) is 11.3 Å². The van der Waals surface area contributed by atoms with E-state index in [9.17, 15) is 4.79 Å². The molecule has 0 saturated heterocycles. The standard InChI is InChI=1S/C16H21N3OS/c1-11-9-18-15(19(11)10-13-4-5-13)7-8-17-16(20)14-6-3-12(2)21-14/h3,6,9,13H,4-5,7-8,10H2,1-2H3,(H,17,20). The van der Waals surface area contributed by atoms with Gasteiger partial charge >= 0.3 is 0 Å². The van der Waals surface area contributed by atoms with E-state index in [1.165, 1.54) is 29.9 Å². The molecule has 1 aliphatic rings. The quantitative estimate of drug-likeness (QED) is 0.892. The van der Waals surface area contributed by atoms with Crippen molar-refractivity contribution in [3.05, 3.63) is 39.6 Å². The summed E-state index contributed by atoms with van der Waals surface area (Å²) >= 11 is 1.53. The molecule has 5 heteroatoms. The first kappa shape index (κ1) is 14.3. The zero-order valence-corrected chi connectivity index (χ0v) is 13.4. The van der Waals surface area contributed by atoms with Crippen LogP contribution in [0, 0.1) is 19.8 Å². The molecule has 1 N–H and O–H groups in total. The van der Waals surface area contributed by atoms with E-state index in [0.717, 1.165) is 34.5 Å². The van der Waals surface area contributed by atoms with Crippen LogP contribution in [0.5, 0.6) is 0 Å². The molecule has 4 nitrogen and oxygen atoms in total. The number of aryl methyl sites for hydroxylation is 2. The second kappa shape index (κ2) is 6.02. The molecule has 0 aliphatic heterocycles. The van der Waals surface area contributed by atoms with E-state index in [-0.39, 0.29) is 5.91 Å². The van der Waals surface area contributed by atoms with Crippen molar-refractivity contribution in [2.75, 3.05) is 6.54 Å². The molecule has 2 aromatic rings. The molecule has 0 unspecified atom stereocenters. The number of amides is 1. The SMILES string of the molecule is Cc1ccc(C(=O)NCCc2ncc(C)n2CC2CC2)s1. The lowest BCUT2D eigenvalue weighted by Gasteiger charge is -2.09. The Hall–Kier alpha value is -1.62. The summed E-state index contributed by atoms with van der Waals surface area (Å²) in [5.74, 6) is 1.94. The van der Waals surface area contributed by atoms with Crippen LogP contribution in [0.25, 0.3) is 0 Å². The summed E-state index contributed by atoms with van der Waals surface area (Å²) in [5, 5.41) is 2.98. The van der Waals surface area contributed by atoms with Gasteiger partial charge in [0.05, 0.1) is 4.88 Å². The van der Waals surface area contributed by atoms with Crippen LogP contribution in [0.15, 0.2) is 18.3 Å². The van der Waals surface area contributed by atoms with Gasteiger partial charge in [0, 0.05) is 36.3 Å². The van der Waals surface area contributed by atoms with E-state index in [1.807, 2.05) is 25.3 Å². The van der Waals surface area contributed by atoms with E-state index < -0.39 is 0 Å². The van der Waals surface area contributed by atoms with E-state index in [0.29, 0.717) is 6.54 Å². The highest BCUT2D eigenvalue weighted by Crippen LogP contribution is 2.31. The molecule has 0 bridgehead atoms. The van der Waals surface area contributed by atoms with Crippen LogP contribution in [0.1, 0.15) is 38.9 Å². The molecule has 2 aromatic heterocycles. The fourth-order valence-corrected chi connectivity index (χ4v) is 3.23. The summed E-state index contributed by atoms with van der Waals surface area (Å²) in [6, 6.07) is 3.86. The monoisotopic (exact) mass is 303 g/mol. The van der Waals surface area contributed by atoms with Crippen molar-refractivity contribution in [3.63, 3.8) is 0 Å². The average molecular weight is 303 g/mol. The van der Waals surface area contributed by atoms with Gasteiger partial charge in [0.2, 0.25) is 0 Å². The van der Waals surface area contributed by atoms with E-state index in [2.05, 4.69) is 21.8 Å². The molecule has 112 valence electrons. The Labute approximate surface area is 129 Å². The second-order valence-corrected chi connectivity index (χ2v) is 7.07. The summed E-state index contributed by atoms with van der Waals surface area (Å²) in [6.45, 7) is 5.83. The van der Waals surface area contributed by atoms with Crippen molar-refractivity contribution in [1.29, 1.82) is 0 Å². The Morgan fingerprint density at radius 1 is 1.43 bits per heavy atom. The lowest BCUT2D eigenvalue weighted by molar-refractivity contribution is 0.0958. The number of aromatic nitrogens is 2. The van der Waals surface area contributed by atoms with Crippen LogP contribution in [0.2, 0.25) is 0 Å². The molecule has 2 heterocycles. The minimum Gasteiger partial charge on any atom is -0.351 e. The minimum absolute atomic E-state index is 0.0186. The van der Waals surface area contributed by atoms with Crippen LogP contribution in [-0.4, -0.2) is 22.0 Å². The third-order valence-electron chi connectivity index (χ3n) is 3.87. The van der Waals surface area contributed by atoms with Gasteiger partial charge in [-0.3, -0.25) is 4.79 Å². The molecular weight excluding hydrogens is 282 g/mol. The number of carbonyl (C=O) groups is 1. The molecule has 0 spiro atoms. The first-order chi connectivity index (χ1) is 10.1. The van der Waals surface area contributed by atoms with Gasteiger partial charge in [0.25, 0.3) is 5.91 Å². The van der Waals surface area contributed by atoms with Crippen molar-refractivity contribution < 1.29 is 4.79 Å².